The van der Waals surface area contributed by atoms with Crippen LogP contribution in [0.5, 0.6) is 0 Å². The van der Waals surface area contributed by atoms with E-state index < -0.39 is 5.97 Å². The molecule has 1 heterocycles. The SMILES string of the molecule is CC(=O)c1c(CC(=O)O)[nH]c2cccc(C#N)c12. The standard InChI is InChI=1S/C13H10N2O3/c1-7(16)12-10(5-11(17)18)15-9-4-2-3-8(6-14)13(9)12/h2-4,15H,5H2,1H3,(H,17,18). The second-order valence-electron chi connectivity index (χ2n) is 3.95. The van der Waals surface area contributed by atoms with E-state index in [9.17, 15) is 9.59 Å². The number of hydrogen-bond donors (Lipinski definition) is 2. The van der Waals surface area contributed by atoms with Crippen LogP contribution in [0, 0.1) is 11.3 Å². The van der Waals surface area contributed by atoms with Gasteiger partial charge in [-0.2, -0.15) is 5.26 Å². The predicted molar refractivity (Wildman–Crippen MR) is 64.4 cm³/mol. The van der Waals surface area contributed by atoms with Crippen LogP contribution in [-0.2, 0) is 11.2 Å². The zero-order valence-corrected chi connectivity index (χ0v) is 9.65. The fourth-order valence-electron chi connectivity index (χ4n) is 2.07. The van der Waals surface area contributed by atoms with Gasteiger partial charge in [0.05, 0.1) is 18.1 Å². The zero-order valence-electron chi connectivity index (χ0n) is 9.65. The van der Waals surface area contributed by atoms with Gasteiger partial charge in [0.25, 0.3) is 0 Å². The number of carboxylic acids is 1. The van der Waals surface area contributed by atoms with Crippen molar-refractivity contribution in [3.8, 4) is 6.07 Å². The van der Waals surface area contributed by atoms with E-state index in [-0.39, 0.29) is 12.2 Å². The number of H-pyrrole nitrogens is 1. The highest BCUT2D eigenvalue weighted by Crippen LogP contribution is 2.26. The molecular formula is C13H10N2O3. The minimum absolute atomic E-state index is 0.250. The Morgan fingerprint density at radius 2 is 2.17 bits per heavy atom. The van der Waals surface area contributed by atoms with E-state index in [0.717, 1.165) is 0 Å². The van der Waals surface area contributed by atoms with Crippen LogP contribution in [0.15, 0.2) is 18.2 Å². The number of benzene rings is 1. The maximum atomic E-state index is 11.7. The first-order valence-electron chi connectivity index (χ1n) is 5.31. The van der Waals surface area contributed by atoms with Crippen LogP contribution in [0.2, 0.25) is 0 Å². The lowest BCUT2D eigenvalue weighted by Crippen LogP contribution is -2.05. The number of nitrogens with one attached hydrogen (secondary N) is 1. The van der Waals surface area contributed by atoms with Crippen molar-refractivity contribution in [3.05, 3.63) is 35.0 Å². The number of carboxylic acid groups (broad SMARTS) is 1. The molecule has 0 unspecified atom stereocenters. The summed E-state index contributed by atoms with van der Waals surface area (Å²) in [5.41, 5.74) is 1.61. The van der Waals surface area contributed by atoms with Crippen molar-refractivity contribution in [1.29, 1.82) is 5.26 Å². The van der Waals surface area contributed by atoms with Gasteiger partial charge in [-0.3, -0.25) is 9.59 Å². The molecular weight excluding hydrogens is 232 g/mol. The Bertz CT molecular complexity index is 692. The van der Waals surface area contributed by atoms with E-state index >= 15 is 0 Å². The Morgan fingerprint density at radius 1 is 1.44 bits per heavy atom. The summed E-state index contributed by atoms with van der Waals surface area (Å²) < 4.78 is 0. The van der Waals surface area contributed by atoms with Gasteiger partial charge in [-0.25, -0.2) is 0 Å². The predicted octanol–water partition coefficient (Wildman–Crippen LogP) is 1.87. The molecule has 0 saturated carbocycles. The van der Waals surface area contributed by atoms with Crippen molar-refractivity contribution in [1.82, 2.24) is 4.98 Å². The van der Waals surface area contributed by atoms with Crippen molar-refractivity contribution in [2.45, 2.75) is 13.3 Å². The van der Waals surface area contributed by atoms with Crippen molar-refractivity contribution >= 4 is 22.7 Å². The van der Waals surface area contributed by atoms with Gasteiger partial charge in [0.15, 0.2) is 5.78 Å². The molecule has 0 aliphatic rings. The number of carbonyl (C=O) groups excluding carboxylic acids is 1. The quantitative estimate of drug-likeness (QED) is 0.803. The molecule has 0 fully saturated rings. The number of aromatic nitrogens is 1. The highest BCUT2D eigenvalue weighted by Gasteiger charge is 2.19. The first kappa shape index (κ1) is 11.9. The van der Waals surface area contributed by atoms with Crippen LogP contribution >= 0.6 is 0 Å². The average Bonchev–Trinajstić information content (AvgIpc) is 2.65. The average molecular weight is 242 g/mol. The minimum Gasteiger partial charge on any atom is -0.481 e. The Balaban J connectivity index is 2.82. The van der Waals surface area contributed by atoms with Gasteiger partial charge < -0.3 is 10.1 Å². The fraction of sp³-hybridized carbons (Fsp3) is 0.154. The highest BCUT2D eigenvalue weighted by molar-refractivity contribution is 6.10. The molecule has 2 aromatic rings. The normalized spacial score (nSPS) is 10.2. The van der Waals surface area contributed by atoms with Crippen LogP contribution in [0.25, 0.3) is 10.9 Å². The Hall–Kier alpha value is -2.61. The second-order valence-corrected chi connectivity index (χ2v) is 3.95. The lowest BCUT2D eigenvalue weighted by molar-refractivity contribution is -0.136. The van der Waals surface area contributed by atoms with Crippen molar-refractivity contribution in [3.63, 3.8) is 0 Å². The fourth-order valence-corrected chi connectivity index (χ4v) is 2.07. The molecule has 0 radical (unpaired) electrons. The van der Waals surface area contributed by atoms with E-state index in [4.69, 9.17) is 10.4 Å². The summed E-state index contributed by atoms with van der Waals surface area (Å²) in [5.74, 6) is -1.28. The summed E-state index contributed by atoms with van der Waals surface area (Å²) in [7, 11) is 0. The molecule has 0 saturated heterocycles. The summed E-state index contributed by atoms with van der Waals surface area (Å²) in [6.45, 7) is 1.36. The zero-order chi connectivity index (χ0) is 13.3. The van der Waals surface area contributed by atoms with Gasteiger partial charge in [0.2, 0.25) is 0 Å². The number of ketones is 1. The number of rotatable bonds is 3. The molecule has 0 spiro atoms. The minimum atomic E-state index is -1.03. The smallest absolute Gasteiger partial charge is 0.309 e. The highest BCUT2D eigenvalue weighted by atomic mass is 16.4. The van der Waals surface area contributed by atoms with Crippen molar-refractivity contribution in [2.24, 2.45) is 0 Å². The summed E-state index contributed by atoms with van der Waals surface area (Å²) in [6, 6.07) is 7.02. The summed E-state index contributed by atoms with van der Waals surface area (Å²) >= 11 is 0. The van der Waals surface area contributed by atoms with Gasteiger partial charge in [0, 0.05) is 22.2 Å². The second kappa shape index (κ2) is 4.34. The summed E-state index contributed by atoms with van der Waals surface area (Å²) in [5, 5.41) is 18.4. The molecule has 1 aromatic heterocycles. The monoisotopic (exact) mass is 242 g/mol. The van der Waals surface area contributed by atoms with Gasteiger partial charge >= 0.3 is 5.97 Å². The Morgan fingerprint density at radius 3 is 2.72 bits per heavy atom. The van der Waals surface area contributed by atoms with E-state index in [1.54, 1.807) is 18.2 Å². The molecule has 0 aliphatic carbocycles. The molecule has 0 atom stereocenters. The third kappa shape index (κ3) is 1.84. The summed E-state index contributed by atoms with van der Waals surface area (Å²) in [4.78, 5) is 25.3. The molecule has 2 rings (SSSR count). The molecule has 0 amide bonds. The number of aliphatic carboxylic acids is 1. The molecule has 2 N–H and O–H groups in total. The van der Waals surface area contributed by atoms with E-state index in [2.05, 4.69) is 4.98 Å². The van der Waals surface area contributed by atoms with Crippen LogP contribution in [-0.4, -0.2) is 21.8 Å². The number of carbonyl (C=O) groups is 2. The van der Waals surface area contributed by atoms with Crippen molar-refractivity contribution in [2.75, 3.05) is 0 Å². The number of nitriles is 1. The Labute approximate surface area is 103 Å². The number of aromatic amines is 1. The number of hydrogen-bond acceptors (Lipinski definition) is 3. The first-order valence-corrected chi connectivity index (χ1v) is 5.31. The summed E-state index contributed by atoms with van der Waals surface area (Å²) in [6.07, 6.45) is -0.269. The van der Waals surface area contributed by atoms with Gasteiger partial charge in [-0.05, 0) is 19.1 Å². The molecule has 1 aromatic carbocycles. The molecule has 5 nitrogen and oxygen atoms in total. The van der Waals surface area contributed by atoms with Gasteiger partial charge in [-0.15, -0.1) is 0 Å². The first-order chi connectivity index (χ1) is 8.54. The van der Waals surface area contributed by atoms with Crippen LogP contribution in [0.3, 0.4) is 0 Å². The largest absolute Gasteiger partial charge is 0.481 e. The van der Waals surface area contributed by atoms with E-state index in [1.807, 2.05) is 6.07 Å². The third-order valence-corrected chi connectivity index (χ3v) is 2.70. The van der Waals surface area contributed by atoms with Crippen LogP contribution < -0.4 is 0 Å². The van der Waals surface area contributed by atoms with Gasteiger partial charge in [-0.1, -0.05) is 6.07 Å². The maximum absolute atomic E-state index is 11.7. The third-order valence-electron chi connectivity index (χ3n) is 2.70. The molecule has 0 aliphatic heterocycles. The van der Waals surface area contributed by atoms with Crippen molar-refractivity contribution < 1.29 is 14.7 Å². The number of nitrogens with zero attached hydrogens (tertiary/aromatic N) is 1. The number of Topliss-reactive ketones (excluding diaryl/α,β-unsaturated/α-hetero) is 1. The molecule has 5 heteroatoms. The van der Waals surface area contributed by atoms with Crippen LogP contribution in [0.1, 0.15) is 28.5 Å². The molecule has 90 valence electrons. The lowest BCUT2D eigenvalue weighted by atomic mass is 10.0. The van der Waals surface area contributed by atoms with Crippen LogP contribution in [0.4, 0.5) is 0 Å². The van der Waals surface area contributed by atoms with E-state index in [1.165, 1.54) is 6.92 Å². The molecule has 18 heavy (non-hydrogen) atoms. The lowest BCUT2D eigenvalue weighted by Gasteiger charge is -1.98. The number of fused-ring (bicyclic) bond motifs is 1. The Kier molecular flexibility index (Phi) is 2.86. The van der Waals surface area contributed by atoms with E-state index in [0.29, 0.717) is 27.7 Å². The maximum Gasteiger partial charge on any atom is 0.309 e. The van der Waals surface area contributed by atoms with Gasteiger partial charge in [0.1, 0.15) is 0 Å². The topological polar surface area (TPSA) is 93.9 Å². The molecule has 0 bridgehead atoms.